The van der Waals surface area contributed by atoms with Crippen LogP contribution < -0.4 is 0 Å². The van der Waals surface area contributed by atoms with Crippen LogP contribution in [0.2, 0.25) is 0 Å². The van der Waals surface area contributed by atoms with Crippen molar-refractivity contribution >= 4 is 5.91 Å². The van der Waals surface area contributed by atoms with Gasteiger partial charge in [-0.05, 0) is 31.0 Å². The normalized spacial score (nSPS) is 22.0. The van der Waals surface area contributed by atoms with E-state index >= 15 is 0 Å². The molecule has 0 radical (unpaired) electrons. The summed E-state index contributed by atoms with van der Waals surface area (Å²) in [6.07, 6.45) is 6.23. The van der Waals surface area contributed by atoms with Crippen molar-refractivity contribution in [3.63, 3.8) is 0 Å². The van der Waals surface area contributed by atoms with Crippen LogP contribution in [-0.2, 0) is 23.1 Å². The monoisotopic (exact) mass is 356 g/mol. The van der Waals surface area contributed by atoms with Crippen LogP contribution in [0, 0.1) is 0 Å². The molecule has 0 bridgehead atoms. The molecule has 0 saturated carbocycles. The number of nitrogens with zero attached hydrogens (tertiary/aromatic N) is 4. The minimum atomic E-state index is -0.157. The van der Waals surface area contributed by atoms with Crippen LogP contribution in [0.25, 0.3) is 0 Å². The van der Waals surface area contributed by atoms with E-state index in [4.69, 9.17) is 9.47 Å². The quantitative estimate of drug-likeness (QED) is 0.835. The van der Waals surface area contributed by atoms with Crippen LogP contribution >= 0.6 is 0 Å². The number of hydrogen-bond donors (Lipinski definition) is 0. The Hall–Kier alpha value is -2.25. The van der Waals surface area contributed by atoms with Gasteiger partial charge >= 0.3 is 0 Å². The topological polar surface area (TPSA) is 69.5 Å². The molecule has 2 aromatic heterocycles. The van der Waals surface area contributed by atoms with Crippen LogP contribution in [0.3, 0.4) is 0 Å². The summed E-state index contributed by atoms with van der Waals surface area (Å²) in [6, 6.07) is 7.59. The molecule has 1 atom stereocenters. The van der Waals surface area contributed by atoms with E-state index in [0.717, 1.165) is 25.0 Å². The highest BCUT2D eigenvalue weighted by molar-refractivity contribution is 5.92. The van der Waals surface area contributed by atoms with Gasteiger partial charge in [-0.25, -0.2) is 0 Å². The summed E-state index contributed by atoms with van der Waals surface area (Å²) in [5.41, 5.74) is 1.28. The highest BCUT2D eigenvalue weighted by Gasteiger charge is 2.44. The molecule has 2 fully saturated rings. The number of hydrogen-bond acceptors (Lipinski definition) is 5. The second-order valence-electron chi connectivity index (χ2n) is 7.12. The lowest BCUT2D eigenvalue weighted by molar-refractivity contribution is -0.0413. The first kappa shape index (κ1) is 17.2. The molecule has 1 amide bonds. The number of piperidine rings is 1. The Morgan fingerprint density at radius 3 is 2.88 bits per heavy atom. The standard InChI is InChI=1S/C19H24N4O3/c1-22-9-5-17(21-22)18(24)23-10-6-19(7-11-23)12-16(14-26-19)25-13-15-4-2-3-8-20-15/h2-5,8-9,16H,6-7,10-14H2,1H3. The third-order valence-electron chi connectivity index (χ3n) is 5.26. The molecule has 4 rings (SSSR count). The molecule has 2 aromatic rings. The van der Waals surface area contributed by atoms with Crippen LogP contribution in [-0.4, -0.2) is 57.0 Å². The van der Waals surface area contributed by atoms with Gasteiger partial charge in [-0.15, -0.1) is 0 Å². The number of likely N-dealkylation sites (tertiary alicyclic amines) is 1. The number of ether oxygens (including phenoxy) is 2. The predicted octanol–water partition coefficient (Wildman–Crippen LogP) is 1.80. The number of carbonyl (C=O) groups is 1. The van der Waals surface area contributed by atoms with Crippen molar-refractivity contribution in [2.24, 2.45) is 7.05 Å². The first-order chi connectivity index (χ1) is 12.6. The number of rotatable bonds is 4. The van der Waals surface area contributed by atoms with Gasteiger partial charge in [-0.2, -0.15) is 5.10 Å². The fourth-order valence-electron chi connectivity index (χ4n) is 3.75. The average molecular weight is 356 g/mol. The third kappa shape index (κ3) is 3.64. The Bertz CT molecular complexity index is 753. The molecular formula is C19H24N4O3. The van der Waals surface area contributed by atoms with Crippen molar-refractivity contribution in [3.8, 4) is 0 Å². The Morgan fingerprint density at radius 2 is 2.19 bits per heavy atom. The number of aryl methyl sites for hydroxylation is 1. The van der Waals surface area contributed by atoms with E-state index < -0.39 is 0 Å². The van der Waals surface area contributed by atoms with Gasteiger partial charge in [0.2, 0.25) is 0 Å². The molecule has 1 spiro atoms. The summed E-state index contributed by atoms with van der Waals surface area (Å²) >= 11 is 0. The van der Waals surface area contributed by atoms with Gasteiger partial charge in [0.15, 0.2) is 0 Å². The van der Waals surface area contributed by atoms with Gasteiger partial charge in [0.1, 0.15) is 5.69 Å². The molecule has 0 aliphatic carbocycles. The lowest BCUT2D eigenvalue weighted by Crippen LogP contribution is -2.46. The molecule has 2 aliphatic heterocycles. The van der Waals surface area contributed by atoms with E-state index in [-0.39, 0.29) is 17.6 Å². The van der Waals surface area contributed by atoms with Crippen LogP contribution in [0.4, 0.5) is 0 Å². The van der Waals surface area contributed by atoms with E-state index in [1.807, 2.05) is 30.1 Å². The molecule has 1 unspecified atom stereocenters. The highest BCUT2D eigenvalue weighted by Crippen LogP contribution is 2.37. The van der Waals surface area contributed by atoms with Crippen molar-refractivity contribution in [1.82, 2.24) is 19.7 Å². The van der Waals surface area contributed by atoms with Gasteiger partial charge in [0.05, 0.1) is 30.6 Å². The van der Waals surface area contributed by atoms with E-state index in [0.29, 0.717) is 32.0 Å². The lowest BCUT2D eigenvalue weighted by atomic mass is 9.88. The molecule has 0 aromatic carbocycles. The van der Waals surface area contributed by atoms with Gasteiger partial charge in [0, 0.05) is 39.0 Å². The highest BCUT2D eigenvalue weighted by atomic mass is 16.6. The van der Waals surface area contributed by atoms with Crippen molar-refractivity contribution in [2.45, 2.75) is 37.6 Å². The smallest absolute Gasteiger partial charge is 0.274 e. The zero-order valence-corrected chi connectivity index (χ0v) is 15.0. The minimum Gasteiger partial charge on any atom is -0.372 e. The van der Waals surface area contributed by atoms with Crippen molar-refractivity contribution in [3.05, 3.63) is 48.0 Å². The first-order valence-electron chi connectivity index (χ1n) is 9.08. The molecule has 7 heteroatoms. The second-order valence-corrected chi connectivity index (χ2v) is 7.12. The number of carbonyl (C=O) groups excluding carboxylic acids is 1. The summed E-state index contributed by atoms with van der Waals surface area (Å²) in [5, 5.41) is 4.21. The van der Waals surface area contributed by atoms with Crippen molar-refractivity contribution in [2.75, 3.05) is 19.7 Å². The van der Waals surface area contributed by atoms with E-state index in [1.165, 1.54) is 0 Å². The fraction of sp³-hybridized carbons (Fsp3) is 0.526. The fourth-order valence-corrected chi connectivity index (χ4v) is 3.75. The molecule has 138 valence electrons. The van der Waals surface area contributed by atoms with E-state index in [2.05, 4.69) is 10.1 Å². The van der Waals surface area contributed by atoms with Gasteiger partial charge in [-0.3, -0.25) is 14.5 Å². The summed E-state index contributed by atoms with van der Waals surface area (Å²) in [6.45, 7) is 2.51. The van der Waals surface area contributed by atoms with Crippen LogP contribution in [0.1, 0.15) is 35.4 Å². The van der Waals surface area contributed by atoms with Crippen molar-refractivity contribution in [1.29, 1.82) is 0 Å². The second kappa shape index (κ2) is 7.17. The maximum absolute atomic E-state index is 12.5. The Morgan fingerprint density at radius 1 is 1.35 bits per heavy atom. The third-order valence-corrected chi connectivity index (χ3v) is 5.26. The maximum atomic E-state index is 12.5. The van der Waals surface area contributed by atoms with Crippen LogP contribution in [0.5, 0.6) is 0 Å². The Kier molecular flexibility index (Phi) is 4.74. The van der Waals surface area contributed by atoms with Gasteiger partial charge in [0.25, 0.3) is 5.91 Å². The van der Waals surface area contributed by atoms with Crippen molar-refractivity contribution < 1.29 is 14.3 Å². The summed E-state index contributed by atoms with van der Waals surface area (Å²) in [7, 11) is 1.82. The maximum Gasteiger partial charge on any atom is 0.274 e. The molecule has 2 aliphatic rings. The summed E-state index contributed by atoms with van der Waals surface area (Å²) in [4.78, 5) is 18.7. The van der Waals surface area contributed by atoms with Crippen LogP contribution in [0.15, 0.2) is 36.7 Å². The van der Waals surface area contributed by atoms with Gasteiger partial charge < -0.3 is 14.4 Å². The number of aromatic nitrogens is 3. The first-order valence-corrected chi connectivity index (χ1v) is 9.08. The summed E-state index contributed by atoms with van der Waals surface area (Å²) < 4.78 is 13.8. The zero-order valence-electron chi connectivity index (χ0n) is 15.0. The largest absolute Gasteiger partial charge is 0.372 e. The number of amides is 1. The van der Waals surface area contributed by atoms with E-state index in [1.54, 1.807) is 23.1 Å². The summed E-state index contributed by atoms with van der Waals surface area (Å²) in [5.74, 6) is 0.00130. The molecule has 2 saturated heterocycles. The predicted molar refractivity (Wildman–Crippen MR) is 94.5 cm³/mol. The van der Waals surface area contributed by atoms with Gasteiger partial charge in [-0.1, -0.05) is 6.07 Å². The molecule has 4 heterocycles. The molecule has 26 heavy (non-hydrogen) atoms. The minimum absolute atomic E-state index is 0.00130. The lowest BCUT2D eigenvalue weighted by Gasteiger charge is -2.38. The molecular weight excluding hydrogens is 332 g/mol. The molecule has 7 nitrogen and oxygen atoms in total. The molecule has 0 N–H and O–H groups in total. The average Bonchev–Trinajstić information content (AvgIpc) is 3.28. The number of pyridine rings is 1. The Labute approximate surface area is 152 Å². The Balaban J connectivity index is 1.28. The zero-order chi connectivity index (χ0) is 18.0. The SMILES string of the molecule is Cn1ccc(C(=O)N2CCC3(CC2)CC(OCc2ccccn2)CO3)n1. The van der Waals surface area contributed by atoms with E-state index in [9.17, 15) is 4.79 Å².